The summed E-state index contributed by atoms with van der Waals surface area (Å²) in [4.78, 5) is 32.4. The number of aliphatic hydroxyl groups excluding tert-OH is 1. The molecule has 0 aliphatic carbocycles. The summed E-state index contributed by atoms with van der Waals surface area (Å²) in [6.45, 7) is 2.31. The third-order valence-corrected chi connectivity index (χ3v) is 7.02. The van der Waals surface area contributed by atoms with E-state index in [4.69, 9.17) is 16.3 Å². The minimum Gasteiger partial charge on any atom is -0.497 e. The van der Waals surface area contributed by atoms with Crippen molar-refractivity contribution in [2.24, 2.45) is 0 Å². The molecule has 2 aromatic carbocycles. The lowest BCUT2D eigenvalue weighted by Crippen LogP contribution is -2.81. The number of nitrogens with zero attached hydrogens (tertiary/aromatic N) is 3. The van der Waals surface area contributed by atoms with E-state index in [1.54, 1.807) is 19.2 Å². The Labute approximate surface area is 192 Å². The molecule has 2 amide bonds. The summed E-state index contributed by atoms with van der Waals surface area (Å²) in [6.07, 6.45) is -0.242. The number of hydrogen-bond acceptors (Lipinski definition) is 6. The van der Waals surface area contributed by atoms with Gasteiger partial charge in [0.1, 0.15) is 11.3 Å². The highest BCUT2D eigenvalue weighted by Gasteiger charge is 2.64. The number of piperazine rings is 1. The second-order valence-electron chi connectivity index (χ2n) is 8.94. The smallest absolute Gasteiger partial charge is 0.252 e. The van der Waals surface area contributed by atoms with Crippen LogP contribution in [0.15, 0.2) is 48.5 Å². The van der Waals surface area contributed by atoms with E-state index in [-0.39, 0.29) is 18.4 Å². The molecule has 5 rings (SSSR count). The zero-order valence-corrected chi connectivity index (χ0v) is 18.7. The van der Waals surface area contributed by atoms with Crippen LogP contribution < -0.4 is 4.74 Å². The van der Waals surface area contributed by atoms with Crippen LogP contribution in [0, 0.1) is 0 Å². The van der Waals surface area contributed by atoms with Gasteiger partial charge < -0.3 is 9.84 Å². The first-order chi connectivity index (χ1) is 15.4. The fraction of sp³-hybridized carbons (Fsp3) is 0.417. The third-order valence-electron chi connectivity index (χ3n) is 6.79. The highest BCUT2D eigenvalue weighted by Crippen LogP contribution is 2.41. The molecule has 32 heavy (non-hydrogen) atoms. The number of aliphatic hydroxyl groups is 1. The molecule has 0 aromatic heterocycles. The molecule has 7 nitrogen and oxygen atoms in total. The number of likely N-dealkylation sites (tertiary alicyclic amines) is 1. The molecule has 0 unspecified atom stereocenters. The molecule has 168 valence electrons. The van der Waals surface area contributed by atoms with E-state index in [9.17, 15) is 14.7 Å². The van der Waals surface area contributed by atoms with Gasteiger partial charge in [0.05, 0.1) is 25.8 Å². The molecule has 1 spiro atoms. The van der Waals surface area contributed by atoms with E-state index in [1.165, 1.54) is 4.90 Å². The van der Waals surface area contributed by atoms with Crippen LogP contribution in [0.4, 0.5) is 0 Å². The van der Waals surface area contributed by atoms with Gasteiger partial charge in [0.15, 0.2) is 0 Å². The maximum atomic E-state index is 13.7. The van der Waals surface area contributed by atoms with Crippen LogP contribution in [-0.4, -0.2) is 76.0 Å². The average Bonchev–Trinajstić information content (AvgIpc) is 3.15. The lowest BCUT2D eigenvalue weighted by Gasteiger charge is -2.58. The van der Waals surface area contributed by atoms with Gasteiger partial charge in [0, 0.05) is 31.2 Å². The lowest BCUT2D eigenvalue weighted by atomic mass is 9.82. The molecule has 2 atom stereocenters. The molecule has 2 aromatic rings. The van der Waals surface area contributed by atoms with Crippen molar-refractivity contribution in [2.45, 2.75) is 37.2 Å². The summed E-state index contributed by atoms with van der Waals surface area (Å²) in [5.74, 6) is 0.393. The molecular weight excluding hydrogens is 430 g/mol. The number of benzene rings is 2. The monoisotopic (exact) mass is 455 g/mol. The Bertz CT molecular complexity index is 1040. The van der Waals surface area contributed by atoms with E-state index in [0.29, 0.717) is 37.6 Å². The summed E-state index contributed by atoms with van der Waals surface area (Å²) in [5.41, 5.74) is 1.17. The Morgan fingerprint density at radius 2 is 1.84 bits per heavy atom. The molecule has 1 N–H and O–H groups in total. The van der Waals surface area contributed by atoms with Crippen molar-refractivity contribution in [1.29, 1.82) is 0 Å². The van der Waals surface area contributed by atoms with E-state index in [0.717, 1.165) is 16.9 Å². The second-order valence-corrected chi connectivity index (χ2v) is 9.38. The van der Waals surface area contributed by atoms with Crippen LogP contribution in [0.1, 0.15) is 17.5 Å². The van der Waals surface area contributed by atoms with E-state index < -0.39 is 17.7 Å². The number of rotatable bonds is 5. The molecule has 3 aliphatic rings. The predicted octanol–water partition coefficient (Wildman–Crippen LogP) is 1.91. The summed E-state index contributed by atoms with van der Waals surface area (Å²) in [7, 11) is 1.64. The maximum absolute atomic E-state index is 13.7. The van der Waals surface area contributed by atoms with Crippen LogP contribution in [0.2, 0.25) is 5.02 Å². The molecule has 0 saturated carbocycles. The number of carbonyl (C=O) groups is 2. The summed E-state index contributed by atoms with van der Waals surface area (Å²) in [6, 6.07) is 14.7. The summed E-state index contributed by atoms with van der Waals surface area (Å²) >= 11 is 6.11. The second kappa shape index (κ2) is 8.15. The number of methoxy groups -OCH3 is 1. The molecule has 3 fully saturated rings. The summed E-state index contributed by atoms with van der Waals surface area (Å²) < 4.78 is 5.22. The van der Waals surface area contributed by atoms with Crippen molar-refractivity contribution in [3.05, 3.63) is 64.7 Å². The highest BCUT2D eigenvalue weighted by atomic mass is 35.5. The molecule has 8 heteroatoms. The number of amides is 2. The minimum atomic E-state index is -0.777. The van der Waals surface area contributed by atoms with E-state index in [2.05, 4.69) is 4.90 Å². The first-order valence-electron chi connectivity index (χ1n) is 10.8. The number of ether oxygens (including phenoxy) is 1. The van der Waals surface area contributed by atoms with Crippen LogP contribution in [0.3, 0.4) is 0 Å². The lowest BCUT2D eigenvalue weighted by molar-refractivity contribution is -0.181. The molecule has 3 aliphatic heterocycles. The first kappa shape index (κ1) is 21.4. The van der Waals surface area contributed by atoms with Crippen molar-refractivity contribution in [2.75, 3.05) is 26.7 Å². The third kappa shape index (κ3) is 3.59. The minimum absolute atomic E-state index is 0.182. The number of carbonyl (C=O) groups excluding carboxylic acids is 2. The molecule has 0 bridgehead atoms. The zero-order chi connectivity index (χ0) is 22.5. The highest BCUT2D eigenvalue weighted by molar-refractivity contribution is 6.30. The number of β-amino-alcohol motifs (C(OH)–C–C–N with tert-alkyl or cyclic N) is 1. The van der Waals surface area contributed by atoms with Gasteiger partial charge in [-0.15, -0.1) is 0 Å². The Morgan fingerprint density at radius 3 is 2.53 bits per heavy atom. The van der Waals surface area contributed by atoms with E-state index >= 15 is 0 Å². The summed E-state index contributed by atoms with van der Waals surface area (Å²) in [5, 5.41) is 10.9. The predicted molar refractivity (Wildman–Crippen MR) is 119 cm³/mol. The average molecular weight is 456 g/mol. The van der Waals surface area contributed by atoms with Crippen molar-refractivity contribution in [1.82, 2.24) is 14.7 Å². The first-order valence-corrected chi connectivity index (χ1v) is 11.2. The zero-order valence-electron chi connectivity index (χ0n) is 17.9. The van der Waals surface area contributed by atoms with Gasteiger partial charge in [-0.1, -0.05) is 35.9 Å². The molecule has 3 heterocycles. The molecule has 0 radical (unpaired) electrons. The normalized spacial score (nSPS) is 25.2. The van der Waals surface area contributed by atoms with Gasteiger partial charge in [0.25, 0.3) is 5.91 Å². The number of hydrogen-bond donors (Lipinski definition) is 1. The van der Waals surface area contributed by atoms with Gasteiger partial charge >= 0.3 is 0 Å². The number of halogens is 1. The topological polar surface area (TPSA) is 73.3 Å². The van der Waals surface area contributed by atoms with E-state index in [1.807, 2.05) is 41.3 Å². The number of fused-ring (bicyclic) bond motifs is 2. The van der Waals surface area contributed by atoms with Crippen LogP contribution in [-0.2, 0) is 22.7 Å². The van der Waals surface area contributed by atoms with Gasteiger partial charge in [-0.25, -0.2) is 0 Å². The fourth-order valence-electron chi connectivity index (χ4n) is 5.25. The van der Waals surface area contributed by atoms with Crippen molar-refractivity contribution >= 4 is 23.4 Å². The van der Waals surface area contributed by atoms with Crippen molar-refractivity contribution < 1.29 is 19.4 Å². The Morgan fingerprint density at radius 1 is 1.09 bits per heavy atom. The largest absolute Gasteiger partial charge is 0.497 e. The SMILES string of the molecule is COc1ccc(CN2CC3(C2)C(=O)N(Cc2cccc(Cl)c2)C(=O)[C@@H]2C[C@@H](O)CN23)cc1. The molecule has 3 saturated heterocycles. The van der Waals surface area contributed by atoms with Gasteiger partial charge in [0.2, 0.25) is 5.91 Å². The van der Waals surface area contributed by atoms with Crippen molar-refractivity contribution in [3.8, 4) is 5.75 Å². The van der Waals surface area contributed by atoms with Gasteiger partial charge in [-0.3, -0.25) is 24.3 Å². The maximum Gasteiger partial charge on any atom is 0.252 e. The Balaban J connectivity index is 1.37. The van der Waals surface area contributed by atoms with Crippen molar-refractivity contribution in [3.63, 3.8) is 0 Å². The van der Waals surface area contributed by atoms with Crippen LogP contribution >= 0.6 is 11.6 Å². The fourth-order valence-corrected chi connectivity index (χ4v) is 5.47. The number of imide groups is 1. The Kier molecular flexibility index (Phi) is 5.45. The standard InChI is InChI=1S/C24H26ClN3O4/c1-32-20-7-5-16(6-8-20)11-26-14-24(15-26)23(31)27(12-17-3-2-4-18(25)9-17)22(30)21-10-19(29)13-28(21)24/h2-9,19,21,29H,10-15H2,1H3/t19-,21+/m1/s1. The Hall–Kier alpha value is -2.45. The molecular formula is C24H26ClN3O4. The van der Waals surface area contributed by atoms with Crippen LogP contribution in [0.25, 0.3) is 0 Å². The van der Waals surface area contributed by atoms with Gasteiger partial charge in [-0.2, -0.15) is 0 Å². The quantitative estimate of drug-likeness (QED) is 0.694. The van der Waals surface area contributed by atoms with Gasteiger partial charge in [-0.05, 0) is 41.8 Å². The van der Waals surface area contributed by atoms with Crippen LogP contribution in [0.5, 0.6) is 5.75 Å².